The van der Waals surface area contributed by atoms with Crippen molar-refractivity contribution in [3.8, 4) is 11.5 Å². The third-order valence-electron chi connectivity index (χ3n) is 6.29. The topological polar surface area (TPSA) is 59.9 Å². The maximum atomic E-state index is 13.3. The minimum absolute atomic E-state index is 0.0733. The molecule has 1 saturated carbocycles. The van der Waals surface area contributed by atoms with Gasteiger partial charge >= 0.3 is 0 Å². The van der Waals surface area contributed by atoms with Crippen molar-refractivity contribution in [2.24, 2.45) is 16.3 Å². The zero-order valence-electron chi connectivity index (χ0n) is 17.3. The Morgan fingerprint density at radius 1 is 1.03 bits per heavy atom. The number of aryl methyl sites for hydroxylation is 2. The fourth-order valence-electron chi connectivity index (χ4n) is 4.71. The van der Waals surface area contributed by atoms with E-state index in [2.05, 4.69) is 45.1 Å². The van der Waals surface area contributed by atoms with Crippen molar-refractivity contribution in [1.29, 1.82) is 0 Å². The first-order valence-electron chi connectivity index (χ1n) is 10.2. The smallest absolute Gasteiger partial charge is 0.231 e. The Balaban J connectivity index is 1.67. The van der Waals surface area contributed by atoms with Crippen LogP contribution in [0.5, 0.6) is 11.5 Å². The fourth-order valence-corrected chi connectivity index (χ4v) is 4.71. The molecule has 150 valence electrons. The highest BCUT2D eigenvalue weighted by Gasteiger charge is 2.44. The molecule has 1 N–H and O–H groups in total. The van der Waals surface area contributed by atoms with Gasteiger partial charge in [0.25, 0.3) is 0 Å². The Bertz CT molecular complexity index is 1050. The average Bonchev–Trinajstić information content (AvgIpc) is 3.05. The van der Waals surface area contributed by atoms with Gasteiger partial charge in [-0.1, -0.05) is 19.9 Å². The summed E-state index contributed by atoms with van der Waals surface area (Å²) in [5.74, 6) is 1.45. The summed E-state index contributed by atoms with van der Waals surface area (Å²) in [7, 11) is 0. The second-order valence-electron chi connectivity index (χ2n) is 9.25. The van der Waals surface area contributed by atoms with Crippen LogP contribution < -0.4 is 14.8 Å². The lowest BCUT2D eigenvalue weighted by Gasteiger charge is -2.37. The van der Waals surface area contributed by atoms with E-state index < -0.39 is 0 Å². The number of carbonyl (C=O) groups excluding carboxylic acids is 1. The lowest BCUT2D eigenvalue weighted by molar-refractivity contribution is -0.124. The molecule has 2 aromatic rings. The van der Waals surface area contributed by atoms with Crippen LogP contribution >= 0.6 is 0 Å². The molecule has 1 fully saturated rings. The monoisotopic (exact) mass is 390 g/mol. The third kappa shape index (κ3) is 3.09. The number of nitrogens with one attached hydrogen (secondary N) is 1. The fraction of sp³-hybridized carbons (Fsp3) is 0.417. The molecule has 2 atom stereocenters. The van der Waals surface area contributed by atoms with Gasteiger partial charge in [-0.3, -0.25) is 9.79 Å². The number of Topliss-reactive ketones (excluding diaryl/α,β-unsaturated/α-hetero) is 1. The van der Waals surface area contributed by atoms with E-state index in [4.69, 9.17) is 14.5 Å². The molecule has 5 nitrogen and oxygen atoms in total. The van der Waals surface area contributed by atoms with Gasteiger partial charge < -0.3 is 14.8 Å². The Labute approximate surface area is 171 Å². The molecule has 0 amide bonds. The van der Waals surface area contributed by atoms with Crippen LogP contribution in [0.2, 0.25) is 0 Å². The molecule has 29 heavy (non-hydrogen) atoms. The first-order chi connectivity index (χ1) is 13.8. The van der Waals surface area contributed by atoms with E-state index in [1.165, 1.54) is 11.1 Å². The predicted octanol–water partition coefficient (Wildman–Crippen LogP) is 5.28. The quantitative estimate of drug-likeness (QED) is 0.720. The highest BCUT2D eigenvalue weighted by Crippen LogP contribution is 2.46. The molecule has 5 heteroatoms. The molecule has 0 bridgehead atoms. The van der Waals surface area contributed by atoms with Crippen LogP contribution in [0, 0.1) is 25.2 Å². The number of nitrogens with zero attached hydrogens (tertiary/aromatic N) is 1. The maximum Gasteiger partial charge on any atom is 0.231 e. The highest BCUT2D eigenvalue weighted by molar-refractivity contribution is 6.10. The molecule has 2 aromatic carbocycles. The second kappa shape index (κ2) is 6.34. The molecule has 0 radical (unpaired) electrons. The minimum Gasteiger partial charge on any atom is -0.454 e. The number of rotatable bonds is 1. The molecule has 0 saturated heterocycles. The molecule has 3 aliphatic rings. The van der Waals surface area contributed by atoms with Crippen LogP contribution in [0.1, 0.15) is 49.4 Å². The third-order valence-corrected chi connectivity index (χ3v) is 6.29. The molecule has 1 unspecified atom stereocenters. The van der Waals surface area contributed by atoms with Crippen LogP contribution in [0.15, 0.2) is 35.3 Å². The van der Waals surface area contributed by atoms with Gasteiger partial charge in [0.2, 0.25) is 6.79 Å². The summed E-state index contributed by atoms with van der Waals surface area (Å²) in [5, 5.41) is 3.66. The lowest BCUT2D eigenvalue weighted by atomic mass is 9.68. The summed E-state index contributed by atoms with van der Waals surface area (Å²) in [6.45, 7) is 8.74. The molecule has 2 aliphatic heterocycles. The first-order valence-corrected chi connectivity index (χ1v) is 10.2. The van der Waals surface area contributed by atoms with Gasteiger partial charge in [-0.15, -0.1) is 0 Å². The van der Waals surface area contributed by atoms with Gasteiger partial charge in [-0.2, -0.15) is 0 Å². The van der Waals surface area contributed by atoms with Crippen LogP contribution in [-0.4, -0.2) is 18.3 Å². The van der Waals surface area contributed by atoms with Crippen LogP contribution in [-0.2, 0) is 4.79 Å². The van der Waals surface area contributed by atoms with Gasteiger partial charge in [0, 0.05) is 12.1 Å². The standard InChI is InChI=1S/C24H26N2O3/c1-13-7-16-17(8-14(13)2)26-23(15-5-6-20-21(9-15)29-12-28-20)22-18(25-16)10-24(3,4)11-19(22)27/h5-9,22-23,26H,10-12H2,1-4H3/t22?,23-/m1/s1. The average molecular weight is 390 g/mol. The first kappa shape index (κ1) is 18.2. The molecule has 2 heterocycles. The van der Waals surface area contributed by atoms with E-state index in [0.717, 1.165) is 40.6 Å². The van der Waals surface area contributed by atoms with Crippen molar-refractivity contribution in [2.45, 2.75) is 46.6 Å². The van der Waals surface area contributed by atoms with E-state index >= 15 is 0 Å². The van der Waals surface area contributed by atoms with Gasteiger partial charge in [-0.25, -0.2) is 0 Å². The lowest BCUT2D eigenvalue weighted by Crippen LogP contribution is -2.42. The van der Waals surface area contributed by atoms with Crippen LogP contribution in [0.4, 0.5) is 11.4 Å². The number of carbonyl (C=O) groups is 1. The number of hydrogen-bond donors (Lipinski definition) is 1. The normalized spacial score (nSPS) is 24.1. The molecular formula is C24H26N2O3. The molecular weight excluding hydrogens is 364 g/mol. The number of benzene rings is 2. The number of fused-ring (bicyclic) bond motifs is 3. The van der Waals surface area contributed by atoms with E-state index in [0.29, 0.717) is 6.42 Å². The van der Waals surface area contributed by atoms with Crippen molar-refractivity contribution in [1.82, 2.24) is 0 Å². The Morgan fingerprint density at radius 2 is 1.79 bits per heavy atom. The second-order valence-corrected chi connectivity index (χ2v) is 9.25. The maximum absolute atomic E-state index is 13.3. The highest BCUT2D eigenvalue weighted by atomic mass is 16.7. The van der Waals surface area contributed by atoms with Crippen molar-refractivity contribution in [3.63, 3.8) is 0 Å². The zero-order chi connectivity index (χ0) is 20.3. The van der Waals surface area contributed by atoms with Crippen molar-refractivity contribution in [2.75, 3.05) is 12.1 Å². The largest absolute Gasteiger partial charge is 0.454 e. The summed E-state index contributed by atoms with van der Waals surface area (Å²) >= 11 is 0. The number of anilines is 1. The van der Waals surface area contributed by atoms with E-state index in [-0.39, 0.29) is 30.0 Å². The zero-order valence-corrected chi connectivity index (χ0v) is 17.3. The van der Waals surface area contributed by atoms with Crippen LogP contribution in [0.3, 0.4) is 0 Å². The predicted molar refractivity (Wildman–Crippen MR) is 113 cm³/mol. The Morgan fingerprint density at radius 3 is 2.62 bits per heavy atom. The minimum atomic E-state index is -0.281. The van der Waals surface area contributed by atoms with Gasteiger partial charge in [0.05, 0.1) is 23.3 Å². The van der Waals surface area contributed by atoms with E-state index in [1.54, 1.807) is 0 Å². The SMILES string of the molecule is Cc1cc2c(cc1C)N[C@H](c1ccc3c(c1)OCO3)C1C(=O)CC(C)(C)CC1=N2. The Hall–Kier alpha value is -2.82. The van der Waals surface area contributed by atoms with Crippen molar-refractivity contribution >= 4 is 22.9 Å². The molecule has 5 rings (SSSR count). The number of ether oxygens (including phenoxy) is 2. The summed E-state index contributed by atoms with van der Waals surface area (Å²) in [4.78, 5) is 18.4. The molecule has 0 aromatic heterocycles. The van der Waals surface area contributed by atoms with Crippen LogP contribution in [0.25, 0.3) is 0 Å². The van der Waals surface area contributed by atoms with Crippen molar-refractivity contribution < 1.29 is 14.3 Å². The van der Waals surface area contributed by atoms with Gasteiger partial charge in [0.15, 0.2) is 11.5 Å². The summed E-state index contributed by atoms with van der Waals surface area (Å²) in [6.07, 6.45) is 1.38. The van der Waals surface area contributed by atoms with Gasteiger partial charge in [-0.05, 0) is 66.6 Å². The Kier molecular flexibility index (Phi) is 3.99. The summed E-state index contributed by atoms with van der Waals surface area (Å²) in [6, 6.07) is 10.0. The van der Waals surface area contributed by atoms with E-state index in [1.807, 2.05) is 18.2 Å². The number of ketones is 1. The molecule has 0 spiro atoms. The van der Waals surface area contributed by atoms with E-state index in [9.17, 15) is 4.79 Å². The summed E-state index contributed by atoms with van der Waals surface area (Å²) < 4.78 is 11.1. The number of aliphatic imine (C=N–C) groups is 1. The van der Waals surface area contributed by atoms with Crippen molar-refractivity contribution in [3.05, 3.63) is 47.0 Å². The number of hydrogen-bond acceptors (Lipinski definition) is 5. The molecule has 1 aliphatic carbocycles. The van der Waals surface area contributed by atoms with Gasteiger partial charge in [0.1, 0.15) is 5.78 Å². The summed E-state index contributed by atoms with van der Waals surface area (Å²) in [5.41, 5.74) is 6.22.